The molecule has 1 aromatic carbocycles. The second kappa shape index (κ2) is 5.95. The molecule has 0 unspecified atom stereocenters. The van der Waals surface area contributed by atoms with Crippen LogP contribution in [0.2, 0.25) is 0 Å². The molecule has 4 nitrogen and oxygen atoms in total. The Kier molecular flexibility index (Phi) is 4.07. The molecule has 5 heteroatoms. The Labute approximate surface area is 111 Å². The lowest BCUT2D eigenvalue weighted by molar-refractivity contribution is 0.427. The smallest absolute Gasteiger partial charge is 0.219 e. The number of halogens is 1. The van der Waals surface area contributed by atoms with Crippen molar-refractivity contribution < 1.29 is 9.13 Å². The first-order valence-corrected chi connectivity index (χ1v) is 5.74. The van der Waals surface area contributed by atoms with Gasteiger partial charge in [0.1, 0.15) is 0 Å². The second-order valence-electron chi connectivity index (χ2n) is 4.10. The summed E-state index contributed by atoms with van der Waals surface area (Å²) in [4.78, 5) is 10.1. The lowest BCUT2D eigenvalue weighted by Gasteiger charge is -2.05. The molecule has 0 aliphatic carbocycles. The van der Waals surface area contributed by atoms with Crippen molar-refractivity contribution in [3.63, 3.8) is 0 Å². The monoisotopic (exact) mass is 259 g/mol. The average Bonchev–Trinajstić information content (AvgIpc) is 2.40. The van der Waals surface area contributed by atoms with Crippen molar-refractivity contribution in [3.8, 4) is 11.6 Å². The summed E-state index contributed by atoms with van der Waals surface area (Å²) in [5.74, 6) is 0.0625. The maximum atomic E-state index is 13.4. The molecule has 0 saturated carbocycles. The van der Waals surface area contributed by atoms with Gasteiger partial charge < -0.3 is 9.64 Å². The molecular weight excluding hydrogens is 245 g/mol. The Hall–Kier alpha value is -2.43. The van der Waals surface area contributed by atoms with E-state index in [2.05, 4.69) is 9.98 Å². The van der Waals surface area contributed by atoms with Gasteiger partial charge in [0.25, 0.3) is 0 Å². The summed E-state index contributed by atoms with van der Waals surface area (Å²) in [6.07, 6.45) is 3.24. The number of aromatic nitrogens is 1. The molecule has 0 aliphatic heterocycles. The van der Waals surface area contributed by atoms with E-state index in [0.29, 0.717) is 11.6 Å². The number of rotatable bonds is 4. The van der Waals surface area contributed by atoms with Gasteiger partial charge in [0.15, 0.2) is 11.6 Å². The minimum absolute atomic E-state index is 0.152. The van der Waals surface area contributed by atoms with Gasteiger partial charge in [-0.2, -0.15) is 0 Å². The molecular formula is C14H14FN3O. The zero-order chi connectivity index (χ0) is 13.7. The van der Waals surface area contributed by atoms with E-state index in [1.165, 1.54) is 6.07 Å². The number of benzene rings is 1. The van der Waals surface area contributed by atoms with Crippen LogP contribution in [0.4, 0.5) is 10.1 Å². The molecule has 0 aliphatic rings. The molecule has 0 saturated heterocycles. The topological polar surface area (TPSA) is 37.7 Å². The number of nitrogens with zero attached hydrogens (tertiary/aromatic N) is 3. The maximum Gasteiger partial charge on any atom is 0.219 e. The van der Waals surface area contributed by atoms with Gasteiger partial charge in [-0.05, 0) is 18.2 Å². The summed E-state index contributed by atoms with van der Waals surface area (Å²) in [5.41, 5.74) is 0.703. The first-order valence-electron chi connectivity index (χ1n) is 5.74. The van der Waals surface area contributed by atoms with E-state index >= 15 is 0 Å². The molecule has 0 atom stereocenters. The maximum absolute atomic E-state index is 13.4. The summed E-state index contributed by atoms with van der Waals surface area (Å²) >= 11 is 0. The van der Waals surface area contributed by atoms with Crippen molar-refractivity contribution in [1.29, 1.82) is 0 Å². The van der Waals surface area contributed by atoms with Crippen LogP contribution in [0.25, 0.3) is 0 Å². The summed E-state index contributed by atoms with van der Waals surface area (Å²) in [6.45, 7) is 0. The van der Waals surface area contributed by atoms with Gasteiger partial charge in [-0.1, -0.05) is 12.1 Å². The predicted octanol–water partition coefficient (Wildman–Crippen LogP) is 3.23. The highest BCUT2D eigenvalue weighted by atomic mass is 19.1. The first kappa shape index (κ1) is 13.0. The van der Waals surface area contributed by atoms with Crippen LogP contribution in [-0.4, -0.2) is 30.3 Å². The van der Waals surface area contributed by atoms with Crippen LogP contribution >= 0.6 is 0 Å². The highest BCUT2D eigenvalue weighted by Crippen LogP contribution is 2.23. The van der Waals surface area contributed by atoms with Gasteiger partial charge >= 0.3 is 0 Å². The molecule has 98 valence electrons. The third-order valence-corrected chi connectivity index (χ3v) is 2.21. The van der Waals surface area contributed by atoms with E-state index in [0.717, 1.165) is 0 Å². The summed E-state index contributed by atoms with van der Waals surface area (Å²) in [5, 5.41) is 0. The fourth-order valence-electron chi connectivity index (χ4n) is 1.33. The van der Waals surface area contributed by atoms with E-state index < -0.39 is 5.82 Å². The van der Waals surface area contributed by atoms with Crippen LogP contribution in [0.3, 0.4) is 0 Å². The molecule has 0 spiro atoms. The van der Waals surface area contributed by atoms with Gasteiger partial charge in [-0.3, -0.25) is 0 Å². The van der Waals surface area contributed by atoms with Gasteiger partial charge in [0.2, 0.25) is 5.88 Å². The van der Waals surface area contributed by atoms with Crippen LogP contribution in [-0.2, 0) is 0 Å². The third kappa shape index (κ3) is 3.77. The number of pyridine rings is 1. The zero-order valence-electron chi connectivity index (χ0n) is 10.7. The molecule has 1 aromatic heterocycles. The highest BCUT2D eigenvalue weighted by Gasteiger charge is 2.03. The largest absolute Gasteiger partial charge is 0.436 e. The summed E-state index contributed by atoms with van der Waals surface area (Å²) in [7, 11) is 3.76. The highest BCUT2D eigenvalue weighted by molar-refractivity contribution is 5.60. The lowest BCUT2D eigenvalue weighted by atomic mass is 10.3. The predicted molar refractivity (Wildman–Crippen MR) is 72.6 cm³/mol. The van der Waals surface area contributed by atoms with Crippen molar-refractivity contribution in [2.75, 3.05) is 14.1 Å². The Balaban J connectivity index is 2.09. The quantitative estimate of drug-likeness (QED) is 0.625. The van der Waals surface area contributed by atoms with Gasteiger partial charge in [0, 0.05) is 20.2 Å². The molecule has 0 amide bonds. The normalized spacial score (nSPS) is 10.7. The van der Waals surface area contributed by atoms with Crippen LogP contribution in [0.1, 0.15) is 0 Å². The fraction of sp³-hybridized carbons (Fsp3) is 0.143. The minimum Gasteiger partial charge on any atom is -0.436 e. The number of para-hydroxylation sites is 1. The zero-order valence-corrected chi connectivity index (χ0v) is 10.7. The van der Waals surface area contributed by atoms with Gasteiger partial charge in [0.05, 0.1) is 18.2 Å². The summed E-state index contributed by atoms with van der Waals surface area (Å²) < 4.78 is 18.7. The minimum atomic E-state index is -0.418. The lowest BCUT2D eigenvalue weighted by Crippen LogP contribution is -2.06. The van der Waals surface area contributed by atoms with E-state index in [1.807, 2.05) is 19.0 Å². The number of aliphatic imine (C=N–C) groups is 1. The van der Waals surface area contributed by atoms with E-state index in [4.69, 9.17) is 4.74 Å². The van der Waals surface area contributed by atoms with Crippen LogP contribution in [0.5, 0.6) is 11.6 Å². The standard InChI is InChI=1S/C14H14FN3O/c1-18(2)10-17-11-7-8-14(16-9-11)19-13-6-4-3-5-12(13)15/h3-10H,1-2H3/b17-10+. The molecule has 0 radical (unpaired) electrons. The Morgan fingerprint density at radius 3 is 2.63 bits per heavy atom. The Bertz CT molecular complexity index is 567. The summed E-state index contributed by atoms with van der Waals surface area (Å²) in [6, 6.07) is 9.60. The SMILES string of the molecule is CN(C)/C=N/c1ccc(Oc2ccccc2F)nc1. The molecule has 2 rings (SSSR count). The van der Waals surface area contributed by atoms with Crippen molar-refractivity contribution in [1.82, 2.24) is 9.88 Å². The van der Waals surface area contributed by atoms with Crippen LogP contribution < -0.4 is 4.74 Å². The Morgan fingerprint density at radius 1 is 1.21 bits per heavy atom. The second-order valence-corrected chi connectivity index (χ2v) is 4.10. The Morgan fingerprint density at radius 2 is 2.00 bits per heavy atom. The third-order valence-electron chi connectivity index (χ3n) is 2.21. The van der Waals surface area contributed by atoms with Gasteiger partial charge in [-0.15, -0.1) is 0 Å². The van der Waals surface area contributed by atoms with Crippen molar-refractivity contribution in [2.24, 2.45) is 4.99 Å². The van der Waals surface area contributed by atoms with Crippen molar-refractivity contribution >= 4 is 12.0 Å². The molecule has 1 heterocycles. The van der Waals surface area contributed by atoms with Crippen LogP contribution in [0.15, 0.2) is 47.6 Å². The molecule has 0 fully saturated rings. The number of hydrogen-bond acceptors (Lipinski definition) is 3. The number of ether oxygens (including phenoxy) is 1. The molecule has 2 aromatic rings. The first-order chi connectivity index (χ1) is 9.15. The number of hydrogen-bond donors (Lipinski definition) is 0. The van der Waals surface area contributed by atoms with Crippen molar-refractivity contribution in [3.05, 3.63) is 48.4 Å². The molecule has 0 N–H and O–H groups in total. The van der Waals surface area contributed by atoms with Gasteiger partial charge in [-0.25, -0.2) is 14.4 Å². The van der Waals surface area contributed by atoms with Crippen LogP contribution in [0, 0.1) is 5.82 Å². The average molecular weight is 259 g/mol. The van der Waals surface area contributed by atoms with E-state index in [1.54, 1.807) is 42.9 Å². The van der Waals surface area contributed by atoms with Crippen molar-refractivity contribution in [2.45, 2.75) is 0 Å². The molecule has 0 bridgehead atoms. The van der Waals surface area contributed by atoms with E-state index in [-0.39, 0.29) is 5.75 Å². The molecule has 19 heavy (non-hydrogen) atoms. The fourth-order valence-corrected chi connectivity index (χ4v) is 1.33. The van der Waals surface area contributed by atoms with E-state index in [9.17, 15) is 4.39 Å².